The molecule has 1 aromatic carbocycles. The minimum Gasteiger partial charge on any atom is -0.351 e. The van der Waals surface area contributed by atoms with Gasteiger partial charge in [0.25, 0.3) is 5.91 Å². The summed E-state index contributed by atoms with van der Waals surface area (Å²) in [4.78, 5) is 16.2. The minimum absolute atomic E-state index is 0.00233. The van der Waals surface area contributed by atoms with Gasteiger partial charge in [-0.25, -0.2) is 22.8 Å². The standard InChI is InChI=1S/C19H17ClF3N5O3S/c1-12-16(11-26-28(12)17-6-5-13(10-25-17)19(21,22)23)18(29)24-7-8-27-32(30,31)15-4-2-3-14(20)9-15/h2-6,9-11,27H,7-8H2,1H3,(H,24,29). The number of carbonyl (C=O) groups is 1. The molecule has 32 heavy (non-hydrogen) atoms. The van der Waals surface area contributed by atoms with Crippen LogP contribution in [0.1, 0.15) is 21.6 Å². The van der Waals surface area contributed by atoms with Gasteiger partial charge in [0.05, 0.1) is 27.9 Å². The topological polar surface area (TPSA) is 106 Å². The number of pyridine rings is 1. The lowest BCUT2D eigenvalue weighted by atomic mass is 10.2. The maximum Gasteiger partial charge on any atom is 0.417 e. The second-order valence-corrected chi connectivity index (χ2v) is 8.77. The fourth-order valence-corrected chi connectivity index (χ4v) is 4.05. The van der Waals surface area contributed by atoms with Gasteiger partial charge in [-0.05, 0) is 37.3 Å². The van der Waals surface area contributed by atoms with E-state index in [0.29, 0.717) is 11.9 Å². The van der Waals surface area contributed by atoms with Crippen molar-refractivity contribution in [2.24, 2.45) is 0 Å². The van der Waals surface area contributed by atoms with Crippen molar-refractivity contribution in [2.75, 3.05) is 13.1 Å². The third-order valence-electron chi connectivity index (χ3n) is 4.36. The summed E-state index contributed by atoms with van der Waals surface area (Å²) in [6.45, 7) is 1.47. The largest absolute Gasteiger partial charge is 0.417 e. The minimum atomic E-state index is -4.51. The lowest BCUT2D eigenvalue weighted by Crippen LogP contribution is -2.34. The lowest BCUT2D eigenvalue weighted by molar-refractivity contribution is -0.137. The summed E-state index contributed by atoms with van der Waals surface area (Å²) in [5.74, 6) is -0.411. The number of hydrogen-bond donors (Lipinski definition) is 2. The van der Waals surface area contributed by atoms with Gasteiger partial charge in [0.2, 0.25) is 10.0 Å². The molecule has 2 N–H and O–H groups in total. The summed E-state index contributed by atoms with van der Waals surface area (Å²) in [5.41, 5.74) is -0.372. The zero-order valence-electron chi connectivity index (χ0n) is 16.5. The second-order valence-electron chi connectivity index (χ2n) is 6.57. The number of hydrogen-bond acceptors (Lipinski definition) is 5. The van der Waals surface area contributed by atoms with Crippen LogP contribution in [0.4, 0.5) is 13.2 Å². The Hall–Kier alpha value is -2.96. The van der Waals surface area contributed by atoms with Crippen LogP contribution in [0.5, 0.6) is 0 Å². The van der Waals surface area contributed by atoms with E-state index >= 15 is 0 Å². The predicted octanol–water partition coefficient (Wildman–Crippen LogP) is 2.96. The van der Waals surface area contributed by atoms with Gasteiger partial charge >= 0.3 is 6.18 Å². The number of nitrogens with zero attached hydrogens (tertiary/aromatic N) is 3. The molecule has 0 aliphatic carbocycles. The van der Waals surface area contributed by atoms with Crippen LogP contribution in [-0.4, -0.2) is 42.2 Å². The number of nitrogens with one attached hydrogen (secondary N) is 2. The molecule has 3 aromatic rings. The van der Waals surface area contributed by atoms with Crippen molar-refractivity contribution in [3.63, 3.8) is 0 Å². The van der Waals surface area contributed by atoms with Gasteiger partial charge in [-0.15, -0.1) is 0 Å². The van der Waals surface area contributed by atoms with Crippen molar-refractivity contribution < 1.29 is 26.4 Å². The number of sulfonamides is 1. The molecule has 0 radical (unpaired) electrons. The zero-order valence-corrected chi connectivity index (χ0v) is 18.1. The average Bonchev–Trinajstić information content (AvgIpc) is 3.12. The van der Waals surface area contributed by atoms with Gasteiger partial charge in [-0.3, -0.25) is 4.79 Å². The monoisotopic (exact) mass is 487 g/mol. The summed E-state index contributed by atoms with van der Waals surface area (Å²) in [6.07, 6.45) is -2.58. The number of benzene rings is 1. The summed E-state index contributed by atoms with van der Waals surface area (Å²) in [6, 6.07) is 7.76. The van der Waals surface area contributed by atoms with Crippen molar-refractivity contribution >= 4 is 27.5 Å². The van der Waals surface area contributed by atoms with Crippen LogP contribution in [0.15, 0.2) is 53.7 Å². The van der Waals surface area contributed by atoms with E-state index in [-0.39, 0.29) is 34.4 Å². The normalized spacial score (nSPS) is 12.0. The van der Waals surface area contributed by atoms with Gasteiger partial charge in [0, 0.05) is 24.3 Å². The highest BCUT2D eigenvalue weighted by Crippen LogP contribution is 2.28. The molecule has 0 saturated carbocycles. The number of carbonyl (C=O) groups excluding carboxylic acids is 1. The van der Waals surface area contributed by atoms with E-state index in [4.69, 9.17) is 11.6 Å². The number of rotatable bonds is 7. The van der Waals surface area contributed by atoms with E-state index in [0.717, 1.165) is 12.1 Å². The molecule has 2 heterocycles. The molecule has 0 fully saturated rings. The zero-order chi connectivity index (χ0) is 23.5. The molecule has 0 bridgehead atoms. The first-order valence-electron chi connectivity index (χ1n) is 9.11. The molecule has 170 valence electrons. The van der Waals surface area contributed by atoms with Crippen molar-refractivity contribution in [2.45, 2.75) is 18.0 Å². The quantitative estimate of drug-likeness (QED) is 0.498. The van der Waals surface area contributed by atoms with Crippen LogP contribution in [0, 0.1) is 6.92 Å². The molecule has 0 unspecified atom stereocenters. The fraction of sp³-hybridized carbons (Fsp3) is 0.211. The summed E-state index contributed by atoms with van der Waals surface area (Å²) < 4.78 is 66.1. The Labute approximate surface area is 186 Å². The molecular formula is C19H17ClF3N5O3S. The van der Waals surface area contributed by atoms with Crippen LogP contribution < -0.4 is 10.0 Å². The first-order valence-corrected chi connectivity index (χ1v) is 11.0. The third-order valence-corrected chi connectivity index (χ3v) is 6.05. The summed E-state index contributed by atoms with van der Waals surface area (Å²) >= 11 is 5.80. The number of amides is 1. The van der Waals surface area contributed by atoms with Gasteiger partial charge < -0.3 is 5.32 Å². The van der Waals surface area contributed by atoms with Crippen molar-refractivity contribution in [3.8, 4) is 5.82 Å². The maximum atomic E-state index is 12.7. The summed E-state index contributed by atoms with van der Waals surface area (Å²) in [5, 5.41) is 6.83. The van der Waals surface area contributed by atoms with E-state index in [1.165, 1.54) is 29.1 Å². The van der Waals surface area contributed by atoms with Crippen molar-refractivity contribution in [1.82, 2.24) is 24.8 Å². The van der Waals surface area contributed by atoms with E-state index in [1.807, 2.05) is 0 Å². The van der Waals surface area contributed by atoms with E-state index in [1.54, 1.807) is 13.0 Å². The molecule has 3 rings (SSSR count). The Balaban J connectivity index is 1.60. The first kappa shape index (κ1) is 23.7. The average molecular weight is 488 g/mol. The van der Waals surface area contributed by atoms with E-state index < -0.39 is 27.7 Å². The van der Waals surface area contributed by atoms with Crippen LogP contribution in [0.3, 0.4) is 0 Å². The first-order chi connectivity index (χ1) is 15.0. The van der Waals surface area contributed by atoms with Gasteiger partial charge in [-0.1, -0.05) is 17.7 Å². The lowest BCUT2D eigenvalue weighted by Gasteiger charge is -2.09. The van der Waals surface area contributed by atoms with Crippen molar-refractivity contribution in [1.29, 1.82) is 0 Å². The third kappa shape index (κ3) is 5.44. The van der Waals surface area contributed by atoms with Crippen molar-refractivity contribution in [3.05, 3.63) is 70.6 Å². The molecule has 0 saturated heterocycles. The molecule has 13 heteroatoms. The number of alkyl halides is 3. The second kappa shape index (κ2) is 9.27. The predicted molar refractivity (Wildman–Crippen MR) is 110 cm³/mol. The number of halogens is 4. The van der Waals surface area contributed by atoms with E-state index in [2.05, 4.69) is 20.1 Å². The fourth-order valence-electron chi connectivity index (χ4n) is 2.72. The SMILES string of the molecule is Cc1c(C(=O)NCCNS(=O)(=O)c2cccc(Cl)c2)cnn1-c1ccc(C(F)(F)F)cn1. The molecule has 1 amide bonds. The maximum absolute atomic E-state index is 12.7. The molecule has 0 atom stereocenters. The summed E-state index contributed by atoms with van der Waals surface area (Å²) in [7, 11) is -3.79. The smallest absolute Gasteiger partial charge is 0.351 e. The van der Waals surface area contributed by atoms with Gasteiger partial charge in [0.1, 0.15) is 0 Å². The highest BCUT2D eigenvalue weighted by atomic mass is 35.5. The Morgan fingerprint density at radius 2 is 1.91 bits per heavy atom. The highest BCUT2D eigenvalue weighted by Gasteiger charge is 2.30. The van der Waals surface area contributed by atoms with Crippen LogP contribution in [0.25, 0.3) is 5.82 Å². The molecule has 2 aromatic heterocycles. The molecule has 0 spiro atoms. The van der Waals surface area contributed by atoms with E-state index in [9.17, 15) is 26.4 Å². The van der Waals surface area contributed by atoms with Gasteiger partial charge in [0.15, 0.2) is 5.82 Å². The Morgan fingerprint density at radius 1 is 1.16 bits per heavy atom. The highest BCUT2D eigenvalue weighted by molar-refractivity contribution is 7.89. The van der Waals surface area contributed by atoms with Crippen LogP contribution >= 0.6 is 11.6 Å². The molecule has 0 aliphatic heterocycles. The number of aromatic nitrogens is 3. The Kier molecular flexibility index (Phi) is 6.86. The Morgan fingerprint density at radius 3 is 2.53 bits per heavy atom. The van der Waals surface area contributed by atoms with Gasteiger partial charge in [-0.2, -0.15) is 18.3 Å². The molecule has 0 aliphatic rings. The molecule has 8 nitrogen and oxygen atoms in total. The van der Waals surface area contributed by atoms with Crippen LogP contribution in [-0.2, 0) is 16.2 Å². The molecular weight excluding hydrogens is 471 g/mol. The Bertz CT molecular complexity index is 1230. The van der Waals surface area contributed by atoms with Crippen LogP contribution in [0.2, 0.25) is 5.02 Å².